The molecule has 0 aliphatic heterocycles. The number of rotatable bonds is 1. The van der Waals surface area contributed by atoms with E-state index in [4.69, 9.17) is 5.26 Å². The largest absolute Gasteiger partial charge is 0.433 e. The summed E-state index contributed by atoms with van der Waals surface area (Å²) in [6.45, 7) is 0. The molecule has 0 N–H and O–H groups in total. The molecule has 0 unspecified atom stereocenters. The standard InChI is InChI=1S/C8H2F6N2/c9-4-1-3(2-15)16-6(8(12,13)14)5(4)7(10)11/h1,7H. The molecule has 0 atom stereocenters. The molecule has 86 valence electrons. The molecule has 0 aliphatic rings. The Morgan fingerprint density at radius 3 is 2.25 bits per heavy atom. The van der Waals surface area contributed by atoms with Gasteiger partial charge in [-0.25, -0.2) is 18.2 Å². The lowest BCUT2D eigenvalue weighted by atomic mass is 10.1. The van der Waals surface area contributed by atoms with E-state index in [0.29, 0.717) is 0 Å². The van der Waals surface area contributed by atoms with E-state index in [1.165, 1.54) is 0 Å². The average Bonchev–Trinajstić information content (AvgIpc) is 2.14. The molecule has 2 nitrogen and oxygen atoms in total. The van der Waals surface area contributed by atoms with Crippen molar-refractivity contribution in [2.75, 3.05) is 0 Å². The topological polar surface area (TPSA) is 36.7 Å². The van der Waals surface area contributed by atoms with Crippen molar-refractivity contribution in [3.63, 3.8) is 0 Å². The number of hydrogen-bond donors (Lipinski definition) is 0. The number of hydrogen-bond acceptors (Lipinski definition) is 2. The van der Waals surface area contributed by atoms with Crippen molar-refractivity contribution in [1.82, 2.24) is 4.98 Å². The van der Waals surface area contributed by atoms with Crippen LogP contribution in [0.15, 0.2) is 6.07 Å². The van der Waals surface area contributed by atoms with Crippen molar-refractivity contribution in [2.24, 2.45) is 0 Å². The Morgan fingerprint density at radius 1 is 1.31 bits per heavy atom. The molecule has 1 aromatic heterocycles. The van der Waals surface area contributed by atoms with E-state index in [1.54, 1.807) is 0 Å². The summed E-state index contributed by atoms with van der Waals surface area (Å²) in [4.78, 5) is 2.64. The van der Waals surface area contributed by atoms with Crippen molar-refractivity contribution in [2.45, 2.75) is 12.6 Å². The second-order valence-electron chi connectivity index (χ2n) is 2.66. The molecule has 0 radical (unpaired) electrons. The fourth-order valence-corrected chi connectivity index (χ4v) is 1.00. The lowest BCUT2D eigenvalue weighted by Crippen LogP contribution is -2.15. The lowest BCUT2D eigenvalue weighted by molar-refractivity contribution is -0.143. The predicted octanol–water partition coefficient (Wildman–Crippen LogP) is 3.05. The SMILES string of the molecule is N#Cc1cc(F)c(C(F)F)c(C(F)(F)F)n1. The molecule has 16 heavy (non-hydrogen) atoms. The van der Waals surface area contributed by atoms with Gasteiger partial charge in [-0.15, -0.1) is 0 Å². The van der Waals surface area contributed by atoms with Gasteiger partial charge in [0.05, 0.1) is 5.56 Å². The van der Waals surface area contributed by atoms with Crippen LogP contribution in [0.5, 0.6) is 0 Å². The molecule has 0 fully saturated rings. The van der Waals surface area contributed by atoms with E-state index in [-0.39, 0.29) is 6.07 Å². The first kappa shape index (κ1) is 12.3. The number of nitriles is 1. The van der Waals surface area contributed by atoms with Crippen LogP contribution in [0.25, 0.3) is 0 Å². The van der Waals surface area contributed by atoms with Crippen LogP contribution in [0.3, 0.4) is 0 Å². The zero-order valence-electron chi connectivity index (χ0n) is 7.32. The van der Waals surface area contributed by atoms with Crippen molar-refractivity contribution >= 4 is 0 Å². The van der Waals surface area contributed by atoms with E-state index in [0.717, 1.165) is 6.07 Å². The normalized spacial score (nSPS) is 11.6. The second-order valence-corrected chi connectivity index (χ2v) is 2.66. The fourth-order valence-electron chi connectivity index (χ4n) is 1.00. The Labute approximate surface area is 85.1 Å². The van der Waals surface area contributed by atoms with Crippen molar-refractivity contribution in [3.8, 4) is 6.07 Å². The van der Waals surface area contributed by atoms with Crippen LogP contribution in [-0.4, -0.2) is 4.98 Å². The van der Waals surface area contributed by atoms with Crippen LogP contribution in [0.1, 0.15) is 23.4 Å². The Kier molecular flexibility index (Phi) is 3.07. The van der Waals surface area contributed by atoms with Gasteiger partial charge in [0.2, 0.25) is 0 Å². The van der Waals surface area contributed by atoms with Gasteiger partial charge in [-0.3, -0.25) is 0 Å². The first-order valence-electron chi connectivity index (χ1n) is 3.73. The van der Waals surface area contributed by atoms with Crippen LogP contribution in [0, 0.1) is 17.1 Å². The molecule has 0 saturated heterocycles. The van der Waals surface area contributed by atoms with Crippen LogP contribution in [-0.2, 0) is 6.18 Å². The molecule has 8 heteroatoms. The van der Waals surface area contributed by atoms with E-state index in [9.17, 15) is 26.3 Å². The van der Waals surface area contributed by atoms with E-state index in [1.807, 2.05) is 0 Å². The van der Waals surface area contributed by atoms with Crippen molar-refractivity contribution in [3.05, 3.63) is 28.8 Å². The Bertz CT molecular complexity index is 445. The molecular weight excluding hydrogens is 238 g/mol. The van der Waals surface area contributed by atoms with Gasteiger partial charge >= 0.3 is 6.18 Å². The minimum atomic E-state index is -5.24. The maximum absolute atomic E-state index is 12.9. The summed E-state index contributed by atoms with van der Waals surface area (Å²) in [6, 6.07) is 1.38. The second kappa shape index (κ2) is 4.00. The molecular formula is C8H2F6N2. The van der Waals surface area contributed by atoms with Crippen LogP contribution in [0.2, 0.25) is 0 Å². The number of aromatic nitrogens is 1. The Morgan fingerprint density at radius 2 is 1.88 bits per heavy atom. The van der Waals surface area contributed by atoms with Gasteiger partial charge in [-0.1, -0.05) is 0 Å². The van der Waals surface area contributed by atoms with Gasteiger partial charge in [-0.05, 0) is 0 Å². The number of nitrogens with zero attached hydrogens (tertiary/aromatic N) is 2. The summed E-state index contributed by atoms with van der Waals surface area (Å²) in [5.41, 5.74) is -4.82. The van der Waals surface area contributed by atoms with Crippen LogP contribution < -0.4 is 0 Å². The summed E-state index contributed by atoms with van der Waals surface area (Å²) in [7, 11) is 0. The molecule has 0 saturated carbocycles. The fraction of sp³-hybridized carbons (Fsp3) is 0.250. The van der Waals surface area contributed by atoms with E-state index < -0.39 is 35.4 Å². The van der Waals surface area contributed by atoms with Crippen molar-refractivity contribution < 1.29 is 26.3 Å². The molecule has 1 rings (SSSR count). The zero-order valence-corrected chi connectivity index (χ0v) is 7.32. The molecule has 0 aliphatic carbocycles. The third-order valence-electron chi connectivity index (χ3n) is 1.61. The number of pyridine rings is 1. The molecule has 0 spiro atoms. The summed E-state index contributed by atoms with van der Waals surface area (Å²) < 4.78 is 74.0. The smallest absolute Gasteiger partial charge is 0.232 e. The minimum Gasteiger partial charge on any atom is -0.232 e. The van der Waals surface area contributed by atoms with Gasteiger partial charge in [0.15, 0.2) is 5.69 Å². The van der Waals surface area contributed by atoms with E-state index in [2.05, 4.69) is 4.98 Å². The predicted molar refractivity (Wildman–Crippen MR) is 38.9 cm³/mol. The summed E-state index contributed by atoms with van der Waals surface area (Å²) in [6.07, 6.45) is -8.89. The zero-order chi connectivity index (χ0) is 12.5. The Hall–Kier alpha value is -1.78. The maximum Gasteiger partial charge on any atom is 0.433 e. The van der Waals surface area contributed by atoms with Gasteiger partial charge in [0.1, 0.15) is 17.6 Å². The number of alkyl halides is 5. The van der Waals surface area contributed by atoms with E-state index >= 15 is 0 Å². The van der Waals surface area contributed by atoms with Gasteiger partial charge in [0, 0.05) is 6.07 Å². The number of halogens is 6. The first-order valence-corrected chi connectivity index (χ1v) is 3.73. The lowest BCUT2D eigenvalue weighted by Gasteiger charge is -2.11. The molecule has 1 heterocycles. The minimum absolute atomic E-state index is 0.233. The molecule has 0 bridgehead atoms. The first-order chi connectivity index (χ1) is 7.27. The van der Waals surface area contributed by atoms with Crippen LogP contribution >= 0.6 is 0 Å². The average molecular weight is 240 g/mol. The third kappa shape index (κ3) is 2.24. The van der Waals surface area contributed by atoms with Gasteiger partial charge in [0.25, 0.3) is 6.43 Å². The quantitative estimate of drug-likeness (QED) is 0.707. The molecule has 0 aromatic carbocycles. The van der Waals surface area contributed by atoms with Gasteiger partial charge in [-0.2, -0.15) is 18.4 Å². The highest BCUT2D eigenvalue weighted by Crippen LogP contribution is 2.36. The highest BCUT2D eigenvalue weighted by atomic mass is 19.4. The highest BCUT2D eigenvalue weighted by molar-refractivity contribution is 5.32. The summed E-state index contributed by atoms with van der Waals surface area (Å²) in [5, 5.41) is 8.25. The highest BCUT2D eigenvalue weighted by Gasteiger charge is 2.40. The summed E-state index contributed by atoms with van der Waals surface area (Å²) >= 11 is 0. The monoisotopic (exact) mass is 240 g/mol. The van der Waals surface area contributed by atoms with Crippen molar-refractivity contribution in [1.29, 1.82) is 5.26 Å². The Balaban J connectivity index is 3.55. The third-order valence-corrected chi connectivity index (χ3v) is 1.61. The molecule has 0 amide bonds. The van der Waals surface area contributed by atoms with Crippen LogP contribution in [0.4, 0.5) is 26.3 Å². The summed E-state index contributed by atoms with van der Waals surface area (Å²) in [5.74, 6) is -1.80. The molecule has 1 aromatic rings. The maximum atomic E-state index is 12.9. The van der Waals surface area contributed by atoms with Gasteiger partial charge < -0.3 is 0 Å².